The van der Waals surface area contributed by atoms with Gasteiger partial charge < -0.3 is 4.42 Å². The number of carbonyl (C=O) groups excluding carboxylic acids is 1. The minimum atomic E-state index is 0.339. The van der Waals surface area contributed by atoms with E-state index in [0.29, 0.717) is 5.78 Å². The fourth-order valence-electron chi connectivity index (χ4n) is 1.97. The Bertz CT molecular complexity index is 385. The fraction of sp³-hybridized carbons (Fsp3) is 0.462. The average Bonchev–Trinajstić information content (AvgIpc) is 2.77. The van der Waals surface area contributed by atoms with Crippen molar-refractivity contribution in [3.63, 3.8) is 0 Å². The predicted octanol–water partition coefficient (Wildman–Crippen LogP) is 3.20. The van der Waals surface area contributed by atoms with Crippen molar-refractivity contribution < 1.29 is 9.21 Å². The Morgan fingerprint density at radius 3 is 2.80 bits per heavy atom. The van der Waals surface area contributed by atoms with Crippen molar-refractivity contribution in [3.8, 4) is 0 Å². The van der Waals surface area contributed by atoms with Gasteiger partial charge in [0.1, 0.15) is 11.5 Å². The predicted molar refractivity (Wildman–Crippen MR) is 58.7 cm³/mol. The molecule has 1 aromatic rings. The molecule has 0 saturated heterocycles. The first-order chi connectivity index (χ1) is 7.25. The van der Waals surface area contributed by atoms with Crippen LogP contribution in [0.5, 0.6) is 0 Å². The number of Topliss-reactive ketones (excluding diaryl/α,β-unsaturated/α-hetero) is 1. The van der Waals surface area contributed by atoms with Crippen molar-refractivity contribution >= 4 is 5.78 Å². The van der Waals surface area contributed by atoms with Gasteiger partial charge in [-0.25, -0.2) is 0 Å². The van der Waals surface area contributed by atoms with Gasteiger partial charge in [-0.05, 0) is 43.9 Å². The lowest BCUT2D eigenvalue weighted by Gasteiger charge is -1.99. The van der Waals surface area contributed by atoms with Crippen molar-refractivity contribution in [1.82, 2.24) is 0 Å². The zero-order valence-electron chi connectivity index (χ0n) is 9.08. The number of allylic oxidation sites excluding steroid dienone is 2. The smallest absolute Gasteiger partial charge is 0.158 e. The van der Waals surface area contributed by atoms with Gasteiger partial charge >= 0.3 is 0 Å². The van der Waals surface area contributed by atoms with Gasteiger partial charge in [0.2, 0.25) is 0 Å². The number of furan rings is 1. The Balaban J connectivity index is 1.78. The van der Waals surface area contributed by atoms with E-state index < -0.39 is 0 Å². The molecule has 0 unspecified atom stereocenters. The van der Waals surface area contributed by atoms with Gasteiger partial charge in [-0.3, -0.25) is 4.79 Å². The van der Waals surface area contributed by atoms with Gasteiger partial charge in [0.05, 0.1) is 0 Å². The molecule has 15 heavy (non-hydrogen) atoms. The molecule has 0 fully saturated rings. The highest BCUT2D eigenvalue weighted by molar-refractivity contribution is 5.97. The van der Waals surface area contributed by atoms with E-state index in [-0.39, 0.29) is 0 Å². The van der Waals surface area contributed by atoms with Crippen LogP contribution in [0.3, 0.4) is 0 Å². The summed E-state index contributed by atoms with van der Waals surface area (Å²) in [5.74, 6) is 2.32. The largest absolute Gasteiger partial charge is 0.466 e. The van der Waals surface area contributed by atoms with E-state index in [1.54, 1.807) is 0 Å². The normalized spacial score (nSPS) is 15.8. The second kappa shape index (κ2) is 4.47. The second-order valence-electron chi connectivity index (χ2n) is 4.06. The third kappa shape index (κ3) is 2.58. The summed E-state index contributed by atoms with van der Waals surface area (Å²) >= 11 is 0. The first-order valence-electron chi connectivity index (χ1n) is 5.53. The van der Waals surface area contributed by atoms with E-state index >= 15 is 0 Å². The molecule has 80 valence electrons. The fourth-order valence-corrected chi connectivity index (χ4v) is 1.97. The number of carbonyl (C=O) groups is 1. The molecule has 0 saturated carbocycles. The number of hydrogen-bond acceptors (Lipinski definition) is 2. The van der Waals surface area contributed by atoms with Crippen LogP contribution in [-0.4, -0.2) is 5.78 Å². The van der Waals surface area contributed by atoms with Crippen LogP contribution in [0, 0.1) is 6.92 Å². The van der Waals surface area contributed by atoms with Crippen LogP contribution in [0.15, 0.2) is 28.2 Å². The molecular weight excluding hydrogens is 188 g/mol. The van der Waals surface area contributed by atoms with Gasteiger partial charge in [-0.15, -0.1) is 0 Å². The molecule has 0 bridgehead atoms. The van der Waals surface area contributed by atoms with Crippen LogP contribution in [0.25, 0.3) is 0 Å². The van der Waals surface area contributed by atoms with Crippen LogP contribution in [0.4, 0.5) is 0 Å². The summed E-state index contributed by atoms with van der Waals surface area (Å²) in [5, 5.41) is 0. The molecule has 2 heteroatoms. The van der Waals surface area contributed by atoms with Crippen molar-refractivity contribution in [2.45, 2.75) is 39.0 Å². The summed E-state index contributed by atoms with van der Waals surface area (Å²) in [6, 6.07) is 4.00. The molecule has 0 spiro atoms. The lowest BCUT2D eigenvalue weighted by molar-refractivity contribution is -0.115. The number of hydrogen-bond donors (Lipinski definition) is 0. The van der Waals surface area contributed by atoms with Crippen LogP contribution < -0.4 is 0 Å². The second-order valence-corrected chi connectivity index (χ2v) is 4.06. The van der Waals surface area contributed by atoms with Crippen molar-refractivity contribution in [1.29, 1.82) is 0 Å². The van der Waals surface area contributed by atoms with E-state index in [9.17, 15) is 4.79 Å². The van der Waals surface area contributed by atoms with E-state index in [1.165, 1.54) is 0 Å². The Morgan fingerprint density at radius 2 is 2.20 bits per heavy atom. The Hall–Kier alpha value is -1.31. The highest BCUT2D eigenvalue weighted by Crippen LogP contribution is 2.20. The van der Waals surface area contributed by atoms with Crippen LogP contribution in [-0.2, 0) is 11.2 Å². The first-order valence-corrected chi connectivity index (χ1v) is 5.53. The molecule has 1 aromatic heterocycles. The lowest BCUT2D eigenvalue weighted by atomic mass is 10.1. The van der Waals surface area contributed by atoms with E-state index in [0.717, 1.165) is 49.2 Å². The quantitative estimate of drug-likeness (QED) is 0.753. The maximum atomic E-state index is 11.3. The average molecular weight is 204 g/mol. The highest BCUT2D eigenvalue weighted by Gasteiger charge is 2.14. The summed E-state index contributed by atoms with van der Waals surface area (Å²) in [4.78, 5) is 11.3. The maximum absolute atomic E-state index is 11.3. The molecule has 0 aliphatic heterocycles. The molecule has 1 heterocycles. The van der Waals surface area contributed by atoms with Gasteiger partial charge in [0, 0.05) is 12.8 Å². The van der Waals surface area contributed by atoms with E-state index in [1.807, 2.05) is 19.1 Å². The van der Waals surface area contributed by atoms with Crippen molar-refractivity contribution in [2.24, 2.45) is 0 Å². The minimum Gasteiger partial charge on any atom is -0.466 e. The van der Waals surface area contributed by atoms with Crippen LogP contribution in [0.2, 0.25) is 0 Å². The third-order valence-corrected chi connectivity index (χ3v) is 2.79. The van der Waals surface area contributed by atoms with Crippen molar-refractivity contribution in [2.75, 3.05) is 0 Å². The number of ketones is 1. The highest BCUT2D eigenvalue weighted by atomic mass is 16.3. The van der Waals surface area contributed by atoms with Gasteiger partial charge in [-0.2, -0.15) is 0 Å². The maximum Gasteiger partial charge on any atom is 0.158 e. The van der Waals surface area contributed by atoms with E-state index in [2.05, 4.69) is 6.08 Å². The topological polar surface area (TPSA) is 30.2 Å². The number of aryl methyl sites for hydroxylation is 2. The Morgan fingerprint density at radius 1 is 1.33 bits per heavy atom. The summed E-state index contributed by atoms with van der Waals surface area (Å²) in [5.41, 5.74) is 1.03. The summed E-state index contributed by atoms with van der Waals surface area (Å²) < 4.78 is 5.47. The monoisotopic (exact) mass is 204 g/mol. The summed E-state index contributed by atoms with van der Waals surface area (Å²) in [7, 11) is 0. The number of rotatable bonds is 4. The minimum absolute atomic E-state index is 0.339. The molecule has 1 aliphatic carbocycles. The zero-order valence-corrected chi connectivity index (χ0v) is 9.08. The lowest BCUT2D eigenvalue weighted by Crippen LogP contribution is -1.96. The van der Waals surface area contributed by atoms with Crippen molar-refractivity contribution in [3.05, 3.63) is 35.3 Å². The van der Waals surface area contributed by atoms with Gasteiger partial charge in [-0.1, -0.05) is 6.08 Å². The standard InChI is InChI=1S/C13H16O2/c1-10-8-9-12(15-10)6-2-4-11-5-3-7-13(11)14/h5,8-9H,2-4,6-7H2,1H3. The molecular formula is C13H16O2. The molecule has 0 atom stereocenters. The van der Waals surface area contributed by atoms with Crippen LogP contribution in [0.1, 0.15) is 37.2 Å². The molecule has 0 N–H and O–H groups in total. The zero-order chi connectivity index (χ0) is 10.7. The molecule has 2 nitrogen and oxygen atoms in total. The van der Waals surface area contributed by atoms with Gasteiger partial charge in [0.15, 0.2) is 5.78 Å². The van der Waals surface area contributed by atoms with Gasteiger partial charge in [0.25, 0.3) is 0 Å². The molecule has 2 rings (SSSR count). The Labute approximate surface area is 90.0 Å². The first kappa shape index (κ1) is 10.2. The SMILES string of the molecule is Cc1ccc(CCCC2=CCCC2=O)o1. The summed E-state index contributed by atoms with van der Waals surface area (Å²) in [6.45, 7) is 1.95. The third-order valence-electron chi connectivity index (χ3n) is 2.79. The van der Waals surface area contributed by atoms with E-state index in [4.69, 9.17) is 4.42 Å². The summed E-state index contributed by atoms with van der Waals surface area (Å²) in [6.07, 6.45) is 6.57. The molecule has 1 aliphatic rings. The molecule has 0 aromatic carbocycles. The van der Waals surface area contributed by atoms with Crippen LogP contribution >= 0.6 is 0 Å². The molecule has 0 amide bonds. The Kier molecular flexibility index (Phi) is 3.05. The molecule has 0 radical (unpaired) electrons.